The Balaban J connectivity index is 1.69. The topological polar surface area (TPSA) is 62.3 Å². The van der Waals surface area contributed by atoms with Crippen LogP contribution in [0.5, 0.6) is 0 Å². The molecule has 5 nitrogen and oxygen atoms in total. The van der Waals surface area contributed by atoms with Crippen molar-refractivity contribution in [1.82, 2.24) is 9.88 Å². The van der Waals surface area contributed by atoms with E-state index in [1.54, 1.807) is 0 Å². The summed E-state index contributed by atoms with van der Waals surface area (Å²) in [4.78, 5) is 32.3. The van der Waals surface area contributed by atoms with Gasteiger partial charge < -0.3 is 10.2 Å². The predicted octanol–water partition coefficient (Wildman–Crippen LogP) is 3.96. The van der Waals surface area contributed by atoms with E-state index in [1.165, 1.54) is 11.3 Å². The Morgan fingerprint density at radius 1 is 1.31 bits per heavy atom. The maximum absolute atomic E-state index is 12.6. The fourth-order valence-electron chi connectivity index (χ4n) is 3.19. The first-order valence-corrected chi connectivity index (χ1v) is 10.1. The molecule has 1 fully saturated rings. The zero-order chi connectivity index (χ0) is 18.5. The minimum atomic E-state index is -0.284. The van der Waals surface area contributed by atoms with E-state index in [1.807, 2.05) is 35.2 Å². The predicted molar refractivity (Wildman–Crippen MR) is 105 cm³/mol. The van der Waals surface area contributed by atoms with Crippen LogP contribution in [0.3, 0.4) is 0 Å². The lowest BCUT2D eigenvalue weighted by atomic mass is 10.1. The van der Waals surface area contributed by atoms with Crippen molar-refractivity contribution in [2.24, 2.45) is 5.92 Å². The Hall–Kier alpha value is -2.21. The average molecular weight is 372 g/mol. The van der Waals surface area contributed by atoms with E-state index in [4.69, 9.17) is 0 Å². The summed E-state index contributed by atoms with van der Waals surface area (Å²) < 4.78 is 0. The Labute approximate surface area is 158 Å². The molecular weight excluding hydrogens is 346 g/mol. The molecule has 2 aromatic rings. The van der Waals surface area contributed by atoms with Crippen LogP contribution in [0.1, 0.15) is 38.0 Å². The summed E-state index contributed by atoms with van der Waals surface area (Å²) >= 11 is 1.52. The van der Waals surface area contributed by atoms with Gasteiger partial charge in [0, 0.05) is 30.0 Å². The molecule has 0 aliphatic carbocycles. The molecule has 3 rings (SSSR count). The molecule has 1 aromatic heterocycles. The number of amides is 2. The third kappa shape index (κ3) is 4.12. The number of hydrogen-bond acceptors (Lipinski definition) is 4. The number of thiazole rings is 1. The highest BCUT2D eigenvalue weighted by Crippen LogP contribution is 2.32. The van der Waals surface area contributed by atoms with Gasteiger partial charge in [-0.2, -0.15) is 0 Å². The van der Waals surface area contributed by atoms with Gasteiger partial charge in [-0.1, -0.05) is 50.6 Å². The molecule has 2 amide bonds. The third-order valence-electron chi connectivity index (χ3n) is 4.66. The highest BCUT2D eigenvalue weighted by atomic mass is 32.1. The Morgan fingerprint density at radius 2 is 2.08 bits per heavy atom. The number of carbonyl (C=O) groups excluding carboxylic acids is 2. The summed E-state index contributed by atoms with van der Waals surface area (Å²) in [6, 6.07) is 10.0. The number of nitrogens with zero attached hydrogens (tertiary/aromatic N) is 2. The monoisotopic (exact) mass is 371 g/mol. The summed E-state index contributed by atoms with van der Waals surface area (Å²) in [6.45, 7) is 5.45. The number of carbonyl (C=O) groups is 2. The molecule has 0 saturated carbocycles. The molecule has 1 saturated heterocycles. The first-order valence-electron chi connectivity index (χ1n) is 9.26. The van der Waals surface area contributed by atoms with E-state index >= 15 is 0 Å². The summed E-state index contributed by atoms with van der Waals surface area (Å²) in [5.41, 5.74) is 1.99. The molecular formula is C20H25N3O2S. The number of aromatic nitrogens is 1. The summed E-state index contributed by atoms with van der Waals surface area (Å²) in [6.07, 6.45) is 3.19. The van der Waals surface area contributed by atoms with E-state index in [0.29, 0.717) is 18.1 Å². The molecule has 1 aliphatic heterocycles. The lowest BCUT2D eigenvalue weighted by Crippen LogP contribution is -2.29. The van der Waals surface area contributed by atoms with Gasteiger partial charge in [-0.25, -0.2) is 4.98 Å². The van der Waals surface area contributed by atoms with Crippen LogP contribution in [0.25, 0.3) is 11.3 Å². The Bertz CT molecular complexity index is 773. The molecule has 0 radical (unpaired) electrons. The first kappa shape index (κ1) is 18.6. The van der Waals surface area contributed by atoms with Gasteiger partial charge in [-0.15, -0.1) is 11.3 Å². The summed E-state index contributed by atoms with van der Waals surface area (Å²) in [7, 11) is 0. The smallest absolute Gasteiger partial charge is 0.231 e. The molecule has 6 heteroatoms. The maximum atomic E-state index is 12.6. The van der Waals surface area contributed by atoms with Crippen molar-refractivity contribution in [3.8, 4) is 11.3 Å². The number of benzene rings is 1. The standard InChI is InChI=1S/C20H25N3O2S/c1-3-5-11-23-13-15(12-17(23)24)19(25)22-20-21-18(16(4-2)26-20)14-9-7-6-8-10-14/h6-10,15H,3-5,11-13H2,1-2H3,(H,21,22,25)/t15-/m0/s1. The number of unbranched alkanes of at least 4 members (excludes halogenated alkanes) is 1. The van der Waals surface area contributed by atoms with Crippen LogP contribution >= 0.6 is 11.3 Å². The summed E-state index contributed by atoms with van der Waals surface area (Å²) in [5, 5.41) is 3.55. The molecule has 0 unspecified atom stereocenters. The third-order valence-corrected chi connectivity index (χ3v) is 5.78. The van der Waals surface area contributed by atoms with Gasteiger partial charge in [0.15, 0.2) is 5.13 Å². The van der Waals surface area contributed by atoms with Gasteiger partial charge in [0.05, 0.1) is 11.6 Å². The fourth-order valence-corrected chi connectivity index (χ4v) is 4.11. The van der Waals surface area contributed by atoms with Gasteiger partial charge in [-0.05, 0) is 12.8 Å². The quantitative estimate of drug-likeness (QED) is 0.801. The normalized spacial score (nSPS) is 16.9. The maximum Gasteiger partial charge on any atom is 0.231 e. The minimum Gasteiger partial charge on any atom is -0.342 e. The molecule has 1 aromatic carbocycles. The van der Waals surface area contributed by atoms with Gasteiger partial charge in [0.1, 0.15) is 0 Å². The van der Waals surface area contributed by atoms with Crippen LogP contribution < -0.4 is 5.32 Å². The van der Waals surface area contributed by atoms with Crippen LogP contribution in [0.4, 0.5) is 5.13 Å². The van der Waals surface area contributed by atoms with Crippen molar-refractivity contribution < 1.29 is 9.59 Å². The summed E-state index contributed by atoms with van der Waals surface area (Å²) in [5.74, 6) is -0.307. The van der Waals surface area contributed by atoms with Crippen molar-refractivity contribution in [3.63, 3.8) is 0 Å². The van der Waals surface area contributed by atoms with Crippen LogP contribution in [0.2, 0.25) is 0 Å². The second-order valence-corrected chi connectivity index (χ2v) is 7.68. The SMILES string of the molecule is CCCCN1C[C@@H](C(=O)Nc2nc(-c3ccccc3)c(CC)s2)CC1=O. The van der Waals surface area contributed by atoms with E-state index < -0.39 is 0 Å². The van der Waals surface area contributed by atoms with Crippen molar-refractivity contribution >= 4 is 28.3 Å². The first-order chi connectivity index (χ1) is 12.6. The second-order valence-electron chi connectivity index (χ2n) is 6.59. The average Bonchev–Trinajstić information content (AvgIpc) is 3.24. The van der Waals surface area contributed by atoms with Crippen LogP contribution in [0, 0.1) is 5.92 Å². The van der Waals surface area contributed by atoms with Crippen LogP contribution in [-0.2, 0) is 16.0 Å². The Morgan fingerprint density at radius 3 is 2.77 bits per heavy atom. The Kier molecular flexibility index (Phi) is 6.04. The number of rotatable bonds is 7. The fraction of sp³-hybridized carbons (Fsp3) is 0.450. The lowest BCUT2D eigenvalue weighted by molar-refractivity contribution is -0.128. The van der Waals surface area contributed by atoms with Gasteiger partial charge >= 0.3 is 0 Å². The van der Waals surface area contributed by atoms with E-state index in [0.717, 1.165) is 41.9 Å². The highest BCUT2D eigenvalue weighted by Gasteiger charge is 2.34. The molecule has 2 heterocycles. The molecule has 1 atom stereocenters. The lowest BCUT2D eigenvalue weighted by Gasteiger charge is -2.15. The molecule has 1 N–H and O–H groups in total. The number of hydrogen-bond donors (Lipinski definition) is 1. The van der Waals surface area contributed by atoms with Crippen molar-refractivity contribution in [2.75, 3.05) is 18.4 Å². The second kappa shape index (κ2) is 8.45. The number of nitrogens with one attached hydrogen (secondary N) is 1. The highest BCUT2D eigenvalue weighted by molar-refractivity contribution is 7.16. The number of likely N-dealkylation sites (tertiary alicyclic amines) is 1. The molecule has 0 spiro atoms. The van der Waals surface area contributed by atoms with Crippen molar-refractivity contribution in [2.45, 2.75) is 39.5 Å². The van der Waals surface area contributed by atoms with E-state index in [9.17, 15) is 9.59 Å². The molecule has 1 aliphatic rings. The van der Waals surface area contributed by atoms with Crippen molar-refractivity contribution in [3.05, 3.63) is 35.2 Å². The molecule has 138 valence electrons. The van der Waals surface area contributed by atoms with E-state index in [-0.39, 0.29) is 17.7 Å². The zero-order valence-electron chi connectivity index (χ0n) is 15.3. The minimum absolute atomic E-state index is 0.0805. The number of anilines is 1. The van der Waals surface area contributed by atoms with Crippen molar-refractivity contribution in [1.29, 1.82) is 0 Å². The van der Waals surface area contributed by atoms with Gasteiger partial charge in [0.25, 0.3) is 0 Å². The van der Waals surface area contributed by atoms with Crippen LogP contribution in [-0.4, -0.2) is 34.8 Å². The van der Waals surface area contributed by atoms with Gasteiger partial charge in [-0.3, -0.25) is 9.59 Å². The molecule has 0 bridgehead atoms. The van der Waals surface area contributed by atoms with E-state index in [2.05, 4.69) is 24.1 Å². The zero-order valence-corrected chi connectivity index (χ0v) is 16.1. The number of aryl methyl sites for hydroxylation is 1. The largest absolute Gasteiger partial charge is 0.342 e. The van der Waals surface area contributed by atoms with Gasteiger partial charge in [0.2, 0.25) is 11.8 Å². The van der Waals surface area contributed by atoms with Crippen LogP contribution in [0.15, 0.2) is 30.3 Å². The molecule has 26 heavy (non-hydrogen) atoms.